The number of hydrogen-bond acceptors (Lipinski definition) is 2. The average molecular weight is 215 g/mol. The van der Waals surface area contributed by atoms with Crippen LogP contribution >= 0.6 is 12.8 Å². The minimum atomic E-state index is 0.790. The summed E-state index contributed by atoms with van der Waals surface area (Å²) in [6.45, 7) is 0.790. The van der Waals surface area contributed by atoms with E-state index >= 15 is 0 Å². The van der Waals surface area contributed by atoms with Crippen LogP contribution < -0.4 is 4.72 Å². The lowest BCUT2D eigenvalue weighted by atomic mass is 10.0. The van der Waals surface area contributed by atoms with Crippen molar-refractivity contribution in [2.45, 2.75) is 6.54 Å². The molecule has 0 aromatic heterocycles. The van der Waals surface area contributed by atoms with Crippen LogP contribution in [0.25, 0.3) is 11.1 Å². The maximum atomic E-state index is 3.98. The fourth-order valence-corrected chi connectivity index (χ4v) is 1.72. The Labute approximate surface area is 95.7 Å². The van der Waals surface area contributed by atoms with Crippen molar-refractivity contribution in [3.63, 3.8) is 0 Å². The monoisotopic (exact) mass is 215 g/mol. The van der Waals surface area contributed by atoms with Gasteiger partial charge in [-0.15, -0.1) is 0 Å². The Morgan fingerprint density at radius 2 is 1.40 bits per heavy atom. The van der Waals surface area contributed by atoms with E-state index < -0.39 is 0 Å². The Kier molecular flexibility index (Phi) is 3.43. The number of hydrogen-bond donors (Lipinski definition) is 2. The molecular weight excluding hydrogens is 202 g/mol. The molecule has 2 heteroatoms. The lowest BCUT2D eigenvalue weighted by molar-refractivity contribution is 0.986. The molecule has 0 bridgehead atoms. The van der Waals surface area contributed by atoms with Gasteiger partial charge in [-0.1, -0.05) is 67.4 Å². The fourth-order valence-electron chi connectivity index (χ4n) is 1.54. The lowest BCUT2D eigenvalue weighted by Gasteiger charge is -2.03. The second-order valence-electron chi connectivity index (χ2n) is 3.40. The normalized spacial score (nSPS) is 10.2. The third kappa shape index (κ3) is 2.61. The summed E-state index contributed by atoms with van der Waals surface area (Å²) in [6, 6.07) is 18.9. The molecule has 0 amide bonds. The van der Waals surface area contributed by atoms with E-state index in [1.165, 1.54) is 16.7 Å². The molecule has 0 heterocycles. The maximum Gasteiger partial charge on any atom is 0.0307 e. The molecule has 0 aliphatic heterocycles. The molecule has 0 atom stereocenters. The van der Waals surface area contributed by atoms with Gasteiger partial charge in [0.2, 0.25) is 0 Å². The summed E-state index contributed by atoms with van der Waals surface area (Å²) in [7, 11) is 0. The van der Waals surface area contributed by atoms with E-state index in [4.69, 9.17) is 0 Å². The van der Waals surface area contributed by atoms with Gasteiger partial charge < -0.3 is 0 Å². The molecule has 0 aliphatic carbocycles. The minimum Gasteiger partial charge on any atom is -0.262 e. The van der Waals surface area contributed by atoms with Crippen LogP contribution in [0.4, 0.5) is 0 Å². The van der Waals surface area contributed by atoms with Crippen molar-refractivity contribution < 1.29 is 0 Å². The van der Waals surface area contributed by atoms with Crippen LogP contribution in [0.5, 0.6) is 0 Å². The first-order valence-electron chi connectivity index (χ1n) is 4.91. The molecule has 1 nitrogen and oxygen atoms in total. The topological polar surface area (TPSA) is 12.0 Å². The molecule has 15 heavy (non-hydrogen) atoms. The zero-order valence-corrected chi connectivity index (χ0v) is 9.24. The Morgan fingerprint density at radius 3 is 2.00 bits per heavy atom. The molecule has 2 aromatic rings. The van der Waals surface area contributed by atoms with Crippen molar-refractivity contribution in [3.05, 3.63) is 60.2 Å². The van der Waals surface area contributed by atoms with Gasteiger partial charge in [0.1, 0.15) is 0 Å². The standard InChI is InChI=1S/C13H13NS/c15-14-10-11-6-8-13(9-7-11)12-4-2-1-3-5-12/h1-9,14-15H,10H2. The van der Waals surface area contributed by atoms with Gasteiger partial charge in [-0.3, -0.25) is 4.72 Å². The zero-order valence-electron chi connectivity index (χ0n) is 8.35. The predicted molar refractivity (Wildman–Crippen MR) is 67.7 cm³/mol. The zero-order chi connectivity index (χ0) is 10.5. The van der Waals surface area contributed by atoms with Crippen LogP contribution in [-0.4, -0.2) is 0 Å². The molecule has 0 fully saturated rings. The average Bonchev–Trinajstić information content (AvgIpc) is 2.32. The highest BCUT2D eigenvalue weighted by Gasteiger charge is 1.96. The number of rotatable bonds is 3. The second kappa shape index (κ2) is 5.01. The molecule has 1 N–H and O–H groups in total. The second-order valence-corrected chi connectivity index (χ2v) is 3.71. The quantitative estimate of drug-likeness (QED) is 0.749. The summed E-state index contributed by atoms with van der Waals surface area (Å²) >= 11 is 3.98. The van der Waals surface area contributed by atoms with E-state index in [0.717, 1.165) is 6.54 Å². The van der Waals surface area contributed by atoms with Crippen molar-refractivity contribution in [2.24, 2.45) is 0 Å². The van der Waals surface area contributed by atoms with Crippen LogP contribution in [0.15, 0.2) is 54.6 Å². The highest BCUT2D eigenvalue weighted by Crippen LogP contribution is 2.19. The summed E-state index contributed by atoms with van der Waals surface area (Å²) < 4.78 is 2.84. The van der Waals surface area contributed by atoms with Crippen LogP contribution in [0.1, 0.15) is 5.56 Å². The Morgan fingerprint density at radius 1 is 0.800 bits per heavy atom. The summed E-state index contributed by atoms with van der Waals surface area (Å²) in [4.78, 5) is 0. The minimum absolute atomic E-state index is 0.790. The van der Waals surface area contributed by atoms with Crippen molar-refractivity contribution in [1.82, 2.24) is 4.72 Å². The summed E-state index contributed by atoms with van der Waals surface area (Å²) in [5.41, 5.74) is 3.74. The van der Waals surface area contributed by atoms with Crippen molar-refractivity contribution in [3.8, 4) is 11.1 Å². The van der Waals surface area contributed by atoms with Crippen LogP contribution in [-0.2, 0) is 6.54 Å². The van der Waals surface area contributed by atoms with Crippen LogP contribution in [0.3, 0.4) is 0 Å². The summed E-state index contributed by atoms with van der Waals surface area (Å²) in [5, 5.41) is 0. The van der Waals surface area contributed by atoms with E-state index in [0.29, 0.717) is 0 Å². The van der Waals surface area contributed by atoms with Gasteiger partial charge >= 0.3 is 0 Å². The SMILES string of the molecule is SNCc1ccc(-c2ccccc2)cc1. The first kappa shape index (κ1) is 10.3. The van der Waals surface area contributed by atoms with Crippen molar-refractivity contribution >= 4 is 12.8 Å². The number of nitrogens with one attached hydrogen (secondary N) is 1. The smallest absolute Gasteiger partial charge is 0.0307 e. The third-order valence-electron chi connectivity index (χ3n) is 2.34. The van der Waals surface area contributed by atoms with E-state index in [-0.39, 0.29) is 0 Å². The van der Waals surface area contributed by atoms with Crippen LogP contribution in [0.2, 0.25) is 0 Å². The molecule has 0 radical (unpaired) electrons. The maximum absolute atomic E-state index is 3.98. The van der Waals surface area contributed by atoms with E-state index in [1.54, 1.807) is 0 Å². The van der Waals surface area contributed by atoms with Gasteiger partial charge in [0.15, 0.2) is 0 Å². The molecule has 0 aliphatic rings. The summed E-state index contributed by atoms with van der Waals surface area (Å²) in [5.74, 6) is 0. The van der Waals surface area contributed by atoms with Crippen molar-refractivity contribution in [2.75, 3.05) is 0 Å². The van der Waals surface area contributed by atoms with E-state index in [1.807, 2.05) is 6.07 Å². The van der Waals surface area contributed by atoms with Gasteiger partial charge in [0.05, 0.1) is 0 Å². The largest absolute Gasteiger partial charge is 0.262 e. The fraction of sp³-hybridized carbons (Fsp3) is 0.0769. The number of benzene rings is 2. The Bertz CT molecular complexity index is 408. The first-order valence-corrected chi connectivity index (χ1v) is 5.36. The van der Waals surface area contributed by atoms with Gasteiger partial charge in [0, 0.05) is 6.54 Å². The predicted octanol–water partition coefficient (Wildman–Crippen LogP) is 3.29. The van der Waals surface area contributed by atoms with E-state index in [2.05, 4.69) is 66.1 Å². The van der Waals surface area contributed by atoms with Gasteiger partial charge in [0.25, 0.3) is 0 Å². The first-order chi connectivity index (χ1) is 7.40. The Balaban J connectivity index is 2.24. The highest BCUT2D eigenvalue weighted by atomic mass is 32.1. The molecular formula is C13H13NS. The van der Waals surface area contributed by atoms with Gasteiger partial charge in [-0.2, -0.15) is 0 Å². The molecule has 2 rings (SSSR count). The van der Waals surface area contributed by atoms with E-state index in [9.17, 15) is 0 Å². The third-order valence-corrected chi connectivity index (χ3v) is 2.50. The van der Waals surface area contributed by atoms with Crippen LogP contribution in [0, 0.1) is 0 Å². The summed E-state index contributed by atoms with van der Waals surface area (Å²) in [6.07, 6.45) is 0. The van der Waals surface area contributed by atoms with Gasteiger partial charge in [-0.25, -0.2) is 0 Å². The van der Waals surface area contributed by atoms with Crippen molar-refractivity contribution in [1.29, 1.82) is 0 Å². The molecule has 2 aromatic carbocycles. The molecule has 0 spiro atoms. The Hall–Kier alpha value is -1.25. The molecule has 76 valence electrons. The lowest BCUT2D eigenvalue weighted by Crippen LogP contribution is -1.97. The molecule has 0 saturated heterocycles. The molecule has 0 unspecified atom stereocenters. The molecule has 0 saturated carbocycles. The highest BCUT2D eigenvalue weighted by molar-refractivity contribution is 7.78. The van der Waals surface area contributed by atoms with Gasteiger partial charge in [-0.05, 0) is 16.7 Å². The number of thiol groups is 1.